The maximum absolute atomic E-state index is 12.5. The van der Waals surface area contributed by atoms with Crippen molar-refractivity contribution >= 4 is 11.8 Å². The van der Waals surface area contributed by atoms with E-state index in [4.69, 9.17) is 0 Å². The van der Waals surface area contributed by atoms with Crippen molar-refractivity contribution in [3.63, 3.8) is 0 Å². The highest BCUT2D eigenvalue weighted by atomic mass is 16.2. The van der Waals surface area contributed by atoms with Crippen LogP contribution in [0.25, 0.3) is 0 Å². The van der Waals surface area contributed by atoms with Crippen molar-refractivity contribution in [2.75, 3.05) is 19.6 Å². The van der Waals surface area contributed by atoms with E-state index in [9.17, 15) is 9.59 Å². The maximum atomic E-state index is 12.5. The van der Waals surface area contributed by atoms with Gasteiger partial charge in [-0.2, -0.15) is 0 Å². The Morgan fingerprint density at radius 1 is 0.964 bits per heavy atom. The number of hydrogen-bond donors (Lipinski definition) is 1. The summed E-state index contributed by atoms with van der Waals surface area (Å²) in [5.41, 5.74) is 3.55. The molecule has 148 valence electrons. The lowest BCUT2D eigenvalue weighted by atomic mass is 9.95. The van der Waals surface area contributed by atoms with Gasteiger partial charge in [0.15, 0.2) is 0 Å². The zero-order valence-electron chi connectivity index (χ0n) is 16.7. The molecule has 1 fully saturated rings. The number of carbonyl (C=O) groups excluding carboxylic acids is 2. The minimum absolute atomic E-state index is 0.0279. The zero-order valence-corrected chi connectivity index (χ0v) is 16.7. The molecule has 1 N–H and O–H groups in total. The number of rotatable bonds is 7. The average Bonchev–Trinajstić information content (AvgIpc) is 2.73. The summed E-state index contributed by atoms with van der Waals surface area (Å²) in [6, 6.07) is 18.4. The van der Waals surface area contributed by atoms with Gasteiger partial charge >= 0.3 is 0 Å². The van der Waals surface area contributed by atoms with E-state index in [2.05, 4.69) is 17.4 Å². The van der Waals surface area contributed by atoms with E-state index >= 15 is 0 Å². The molecule has 1 aliphatic rings. The van der Waals surface area contributed by atoms with Gasteiger partial charge in [-0.05, 0) is 43.7 Å². The Bertz CT molecular complexity index is 763. The fraction of sp³-hybridized carbons (Fsp3) is 0.417. The lowest BCUT2D eigenvalue weighted by molar-refractivity contribution is -0.135. The van der Waals surface area contributed by atoms with Crippen LogP contribution in [0.3, 0.4) is 0 Å². The molecule has 0 unspecified atom stereocenters. The normalized spacial score (nSPS) is 14.7. The van der Waals surface area contributed by atoms with Crippen LogP contribution in [0.2, 0.25) is 0 Å². The molecule has 0 aliphatic carbocycles. The highest BCUT2D eigenvalue weighted by molar-refractivity contribution is 5.81. The fourth-order valence-corrected chi connectivity index (χ4v) is 3.68. The van der Waals surface area contributed by atoms with Crippen LogP contribution in [0, 0.1) is 12.8 Å². The van der Waals surface area contributed by atoms with Crippen LogP contribution >= 0.6 is 0 Å². The molecule has 0 aromatic heterocycles. The summed E-state index contributed by atoms with van der Waals surface area (Å²) in [6.45, 7) is 4.10. The Morgan fingerprint density at radius 2 is 1.64 bits per heavy atom. The largest absolute Gasteiger partial charge is 0.356 e. The van der Waals surface area contributed by atoms with Crippen molar-refractivity contribution in [2.24, 2.45) is 5.92 Å². The number of hydrogen-bond acceptors (Lipinski definition) is 2. The van der Waals surface area contributed by atoms with Crippen molar-refractivity contribution in [3.8, 4) is 0 Å². The fourth-order valence-electron chi connectivity index (χ4n) is 3.68. The average molecular weight is 379 g/mol. The summed E-state index contributed by atoms with van der Waals surface area (Å²) in [5.74, 6) is 0.324. The van der Waals surface area contributed by atoms with Crippen molar-refractivity contribution < 1.29 is 9.59 Å². The van der Waals surface area contributed by atoms with E-state index in [0.717, 1.165) is 31.2 Å². The number of carbonyl (C=O) groups is 2. The summed E-state index contributed by atoms with van der Waals surface area (Å²) in [5, 5.41) is 3.07. The van der Waals surface area contributed by atoms with E-state index in [1.165, 1.54) is 11.1 Å². The Morgan fingerprint density at radius 3 is 2.32 bits per heavy atom. The van der Waals surface area contributed by atoms with Crippen LogP contribution < -0.4 is 5.32 Å². The van der Waals surface area contributed by atoms with Gasteiger partial charge in [0.1, 0.15) is 0 Å². The van der Waals surface area contributed by atoms with Crippen molar-refractivity contribution in [1.82, 2.24) is 10.2 Å². The third-order valence-electron chi connectivity index (χ3n) is 5.48. The maximum Gasteiger partial charge on any atom is 0.226 e. The van der Waals surface area contributed by atoms with Crippen molar-refractivity contribution in [3.05, 3.63) is 71.3 Å². The molecule has 4 nitrogen and oxygen atoms in total. The molecular weight excluding hydrogens is 348 g/mol. The highest BCUT2D eigenvalue weighted by Gasteiger charge is 2.27. The molecule has 1 heterocycles. The molecule has 4 heteroatoms. The summed E-state index contributed by atoms with van der Waals surface area (Å²) in [7, 11) is 0. The second-order valence-electron chi connectivity index (χ2n) is 7.70. The first-order valence-electron chi connectivity index (χ1n) is 10.3. The molecule has 0 radical (unpaired) electrons. The number of nitrogens with one attached hydrogen (secondary N) is 1. The van der Waals surface area contributed by atoms with Crippen LogP contribution in [-0.2, 0) is 22.4 Å². The molecule has 1 aliphatic heterocycles. The Hall–Kier alpha value is -2.62. The van der Waals surface area contributed by atoms with Crippen LogP contribution in [-0.4, -0.2) is 36.3 Å². The Balaban J connectivity index is 1.35. The molecule has 0 bridgehead atoms. The predicted octanol–water partition coefficient (Wildman–Crippen LogP) is 3.53. The van der Waals surface area contributed by atoms with Gasteiger partial charge < -0.3 is 10.2 Å². The van der Waals surface area contributed by atoms with Crippen LogP contribution in [0.4, 0.5) is 0 Å². The quantitative estimate of drug-likeness (QED) is 0.750. The third-order valence-corrected chi connectivity index (χ3v) is 5.48. The SMILES string of the molecule is Cc1ccc(CC(=O)N2CCC(C(=O)NCCCc3ccccc3)CC2)cc1. The predicted molar refractivity (Wildman–Crippen MR) is 112 cm³/mol. The van der Waals surface area contributed by atoms with Crippen LogP contribution in [0.15, 0.2) is 54.6 Å². The van der Waals surface area contributed by atoms with Gasteiger partial charge in [-0.1, -0.05) is 60.2 Å². The summed E-state index contributed by atoms with van der Waals surface area (Å²) in [4.78, 5) is 26.8. The minimum Gasteiger partial charge on any atom is -0.356 e. The number of piperidine rings is 1. The standard InChI is InChI=1S/C24H30N2O2/c1-19-9-11-21(12-10-19)18-23(27)26-16-13-22(14-17-26)24(28)25-15-5-8-20-6-3-2-4-7-20/h2-4,6-7,9-12,22H,5,8,13-18H2,1H3,(H,25,28). The third kappa shape index (κ3) is 5.95. The summed E-state index contributed by atoms with van der Waals surface area (Å²) >= 11 is 0. The molecule has 2 amide bonds. The first-order valence-corrected chi connectivity index (χ1v) is 10.3. The Labute approximate surface area is 167 Å². The highest BCUT2D eigenvalue weighted by Crippen LogP contribution is 2.18. The van der Waals surface area contributed by atoms with Crippen LogP contribution in [0.1, 0.15) is 36.0 Å². The summed E-state index contributed by atoms with van der Waals surface area (Å²) < 4.78 is 0. The first kappa shape index (κ1) is 20.1. The Kier molecular flexibility index (Phi) is 7.24. The molecule has 2 aromatic carbocycles. The lowest BCUT2D eigenvalue weighted by Crippen LogP contribution is -2.43. The molecular formula is C24H30N2O2. The molecule has 3 rings (SSSR count). The van der Waals surface area contributed by atoms with Gasteiger partial charge in [0.2, 0.25) is 11.8 Å². The second kappa shape index (κ2) is 10.1. The molecule has 0 spiro atoms. The minimum atomic E-state index is 0.0279. The van der Waals surface area contributed by atoms with E-state index in [1.807, 2.05) is 54.3 Å². The van der Waals surface area contributed by atoms with Gasteiger partial charge in [-0.15, -0.1) is 0 Å². The number of amides is 2. The van der Waals surface area contributed by atoms with E-state index in [1.54, 1.807) is 0 Å². The van der Waals surface area contributed by atoms with Gasteiger partial charge in [0.05, 0.1) is 6.42 Å². The number of benzene rings is 2. The first-order chi connectivity index (χ1) is 13.6. The van der Waals surface area contributed by atoms with Gasteiger partial charge in [0, 0.05) is 25.6 Å². The van der Waals surface area contributed by atoms with E-state index in [0.29, 0.717) is 26.1 Å². The molecule has 28 heavy (non-hydrogen) atoms. The zero-order chi connectivity index (χ0) is 19.8. The van der Waals surface area contributed by atoms with Gasteiger partial charge in [0.25, 0.3) is 0 Å². The second-order valence-corrected chi connectivity index (χ2v) is 7.70. The van der Waals surface area contributed by atoms with E-state index < -0.39 is 0 Å². The van der Waals surface area contributed by atoms with Crippen LogP contribution in [0.5, 0.6) is 0 Å². The topological polar surface area (TPSA) is 49.4 Å². The van der Waals surface area contributed by atoms with Crippen molar-refractivity contribution in [1.29, 1.82) is 0 Å². The molecule has 2 aromatic rings. The molecule has 0 atom stereocenters. The van der Waals surface area contributed by atoms with Gasteiger partial charge in [-0.3, -0.25) is 9.59 Å². The van der Waals surface area contributed by atoms with Gasteiger partial charge in [-0.25, -0.2) is 0 Å². The molecule has 0 saturated carbocycles. The smallest absolute Gasteiger partial charge is 0.226 e. The molecule has 1 saturated heterocycles. The number of likely N-dealkylation sites (tertiary alicyclic amines) is 1. The monoisotopic (exact) mass is 378 g/mol. The van der Waals surface area contributed by atoms with E-state index in [-0.39, 0.29) is 17.7 Å². The summed E-state index contributed by atoms with van der Waals surface area (Å²) in [6.07, 6.45) is 3.88. The number of nitrogens with zero attached hydrogens (tertiary/aromatic N) is 1. The number of aryl methyl sites for hydroxylation is 2. The lowest BCUT2D eigenvalue weighted by Gasteiger charge is -2.31. The van der Waals surface area contributed by atoms with Crippen molar-refractivity contribution in [2.45, 2.75) is 39.0 Å².